The zero-order valence-electron chi connectivity index (χ0n) is 17.4. The number of hydrogen-bond donors (Lipinski definition) is 2. The van der Waals surface area contributed by atoms with Gasteiger partial charge in [0.25, 0.3) is 5.91 Å². The fraction of sp³-hybridized carbons (Fsp3) is 0.0833. The molecule has 168 valence electrons. The van der Waals surface area contributed by atoms with E-state index in [-0.39, 0.29) is 28.4 Å². The highest BCUT2D eigenvalue weighted by Crippen LogP contribution is 2.28. The van der Waals surface area contributed by atoms with Gasteiger partial charge >= 0.3 is 0 Å². The largest absolute Gasteiger partial charge is 0.366 e. The van der Waals surface area contributed by atoms with Crippen LogP contribution < -0.4 is 11.1 Å². The smallest absolute Gasteiger partial charge is 0.250 e. The number of nitrogens with zero attached hydrogens (tertiary/aromatic N) is 1. The van der Waals surface area contributed by atoms with Crippen molar-refractivity contribution in [3.8, 4) is 0 Å². The van der Waals surface area contributed by atoms with Gasteiger partial charge in [0.15, 0.2) is 9.84 Å². The van der Waals surface area contributed by atoms with Crippen molar-refractivity contribution in [2.75, 3.05) is 5.32 Å². The van der Waals surface area contributed by atoms with Crippen LogP contribution in [0.1, 0.15) is 15.9 Å². The standard InChI is InChI=1S/C24H20FN3O4S/c25-17-7-5-6-16(12-17)15-33(31,32)22-13-28(21-11-4-2-9-19(21)22)14-23(29)27-20-10-3-1-8-18(20)24(26)30/h1-13H,14-15H2,(H2,26,30)(H,27,29). The predicted octanol–water partition coefficient (Wildman–Crippen LogP) is 3.49. The molecule has 1 heterocycles. The summed E-state index contributed by atoms with van der Waals surface area (Å²) >= 11 is 0. The number of nitrogens with one attached hydrogen (secondary N) is 1. The summed E-state index contributed by atoms with van der Waals surface area (Å²) in [6.07, 6.45) is 1.40. The highest BCUT2D eigenvalue weighted by molar-refractivity contribution is 7.90. The number of rotatable bonds is 7. The molecule has 2 amide bonds. The van der Waals surface area contributed by atoms with Gasteiger partial charge in [0.2, 0.25) is 5.91 Å². The summed E-state index contributed by atoms with van der Waals surface area (Å²) < 4.78 is 41.4. The van der Waals surface area contributed by atoms with Gasteiger partial charge < -0.3 is 15.6 Å². The number of halogens is 1. The van der Waals surface area contributed by atoms with Crippen LogP contribution in [0.5, 0.6) is 0 Å². The molecular weight excluding hydrogens is 445 g/mol. The molecule has 33 heavy (non-hydrogen) atoms. The van der Waals surface area contributed by atoms with E-state index in [0.717, 1.165) is 0 Å². The molecule has 0 spiro atoms. The van der Waals surface area contributed by atoms with Gasteiger partial charge in [-0.1, -0.05) is 42.5 Å². The lowest BCUT2D eigenvalue weighted by molar-refractivity contribution is -0.116. The van der Waals surface area contributed by atoms with E-state index >= 15 is 0 Å². The second-order valence-electron chi connectivity index (χ2n) is 7.49. The van der Waals surface area contributed by atoms with Crippen LogP contribution in [0.3, 0.4) is 0 Å². The van der Waals surface area contributed by atoms with E-state index in [1.165, 1.54) is 35.0 Å². The topological polar surface area (TPSA) is 111 Å². The van der Waals surface area contributed by atoms with Crippen molar-refractivity contribution >= 4 is 38.2 Å². The highest BCUT2D eigenvalue weighted by Gasteiger charge is 2.23. The SMILES string of the molecule is NC(=O)c1ccccc1NC(=O)Cn1cc(S(=O)(=O)Cc2cccc(F)c2)c2ccccc21. The average Bonchev–Trinajstić information content (AvgIpc) is 3.13. The van der Waals surface area contributed by atoms with Gasteiger partial charge in [-0.25, -0.2) is 12.8 Å². The third-order valence-corrected chi connectivity index (χ3v) is 6.82. The molecule has 0 saturated carbocycles. The quantitative estimate of drug-likeness (QED) is 0.435. The number of amides is 2. The maximum atomic E-state index is 13.5. The van der Waals surface area contributed by atoms with Crippen LogP contribution in [-0.2, 0) is 26.9 Å². The number of fused-ring (bicyclic) bond motifs is 1. The molecule has 0 fully saturated rings. The van der Waals surface area contributed by atoms with E-state index < -0.39 is 27.5 Å². The molecular formula is C24H20FN3O4S. The summed E-state index contributed by atoms with van der Waals surface area (Å²) in [5.41, 5.74) is 6.67. The molecule has 0 aliphatic carbocycles. The van der Waals surface area contributed by atoms with Gasteiger partial charge in [0.1, 0.15) is 12.4 Å². The minimum absolute atomic E-state index is 0.0488. The first-order chi connectivity index (χ1) is 15.7. The van der Waals surface area contributed by atoms with Crippen molar-refractivity contribution in [3.05, 3.63) is 95.9 Å². The number of sulfone groups is 1. The monoisotopic (exact) mass is 465 g/mol. The third-order valence-electron chi connectivity index (χ3n) is 5.11. The van der Waals surface area contributed by atoms with Gasteiger partial charge in [-0.3, -0.25) is 9.59 Å². The van der Waals surface area contributed by atoms with E-state index in [0.29, 0.717) is 16.5 Å². The first-order valence-electron chi connectivity index (χ1n) is 9.98. The second-order valence-corrected chi connectivity index (χ2v) is 9.44. The number of hydrogen-bond acceptors (Lipinski definition) is 4. The number of anilines is 1. The molecule has 0 unspecified atom stereocenters. The number of carbonyl (C=O) groups excluding carboxylic acids is 2. The Morgan fingerprint density at radius 3 is 2.45 bits per heavy atom. The molecule has 0 bridgehead atoms. The van der Waals surface area contributed by atoms with Crippen molar-refractivity contribution in [2.24, 2.45) is 5.73 Å². The number of primary amides is 1. The van der Waals surface area contributed by atoms with Crippen LogP contribution in [-0.4, -0.2) is 24.8 Å². The Bertz CT molecular complexity index is 1480. The van der Waals surface area contributed by atoms with Gasteiger partial charge in [-0.05, 0) is 35.9 Å². The zero-order chi connectivity index (χ0) is 23.6. The zero-order valence-corrected chi connectivity index (χ0v) is 18.2. The van der Waals surface area contributed by atoms with Gasteiger partial charge in [0, 0.05) is 17.1 Å². The maximum Gasteiger partial charge on any atom is 0.250 e. The minimum atomic E-state index is -3.83. The van der Waals surface area contributed by atoms with E-state index in [1.54, 1.807) is 48.5 Å². The Morgan fingerprint density at radius 2 is 1.70 bits per heavy atom. The maximum absolute atomic E-state index is 13.5. The molecule has 3 N–H and O–H groups in total. The summed E-state index contributed by atoms with van der Waals surface area (Å²) in [6, 6.07) is 18.6. The van der Waals surface area contributed by atoms with Crippen LogP contribution in [0.25, 0.3) is 10.9 Å². The predicted molar refractivity (Wildman–Crippen MR) is 123 cm³/mol. The number of nitrogens with two attached hydrogens (primary N) is 1. The fourth-order valence-electron chi connectivity index (χ4n) is 3.67. The van der Waals surface area contributed by atoms with Crippen LogP contribution in [0, 0.1) is 5.82 Å². The molecule has 0 atom stereocenters. The van der Waals surface area contributed by atoms with Gasteiger partial charge in [-0.15, -0.1) is 0 Å². The van der Waals surface area contributed by atoms with Crippen molar-refractivity contribution in [1.29, 1.82) is 0 Å². The summed E-state index contributed by atoms with van der Waals surface area (Å²) in [4.78, 5) is 24.4. The molecule has 0 aliphatic rings. The van der Waals surface area contributed by atoms with Crippen molar-refractivity contribution in [2.45, 2.75) is 17.2 Å². The van der Waals surface area contributed by atoms with Crippen LogP contribution in [0.2, 0.25) is 0 Å². The average molecular weight is 466 g/mol. The summed E-state index contributed by atoms with van der Waals surface area (Å²) in [6.45, 7) is -0.191. The fourth-order valence-corrected chi connectivity index (χ4v) is 5.24. The third kappa shape index (κ3) is 4.78. The molecule has 0 radical (unpaired) electrons. The van der Waals surface area contributed by atoms with Gasteiger partial charge in [-0.2, -0.15) is 0 Å². The first kappa shape index (κ1) is 22.2. The van der Waals surface area contributed by atoms with Crippen LogP contribution >= 0.6 is 0 Å². The number of benzene rings is 3. The summed E-state index contributed by atoms with van der Waals surface area (Å²) in [7, 11) is -3.83. The Labute approximate surface area is 189 Å². The molecule has 7 nitrogen and oxygen atoms in total. The van der Waals surface area contributed by atoms with Gasteiger partial charge in [0.05, 0.1) is 21.9 Å². The Morgan fingerprint density at radius 1 is 0.970 bits per heavy atom. The molecule has 1 aromatic heterocycles. The minimum Gasteiger partial charge on any atom is -0.366 e. The molecule has 0 aliphatic heterocycles. The summed E-state index contributed by atoms with van der Waals surface area (Å²) in [5.74, 6) is -2.03. The van der Waals surface area contributed by atoms with E-state index in [2.05, 4.69) is 5.32 Å². The first-order valence-corrected chi connectivity index (χ1v) is 11.6. The summed E-state index contributed by atoms with van der Waals surface area (Å²) in [5, 5.41) is 3.11. The number of carbonyl (C=O) groups is 2. The molecule has 4 aromatic rings. The lowest BCUT2D eigenvalue weighted by atomic mass is 10.1. The van der Waals surface area contributed by atoms with E-state index in [4.69, 9.17) is 5.73 Å². The Balaban J connectivity index is 1.65. The van der Waals surface area contributed by atoms with E-state index in [1.807, 2.05) is 0 Å². The normalized spacial score (nSPS) is 11.4. The molecule has 9 heteroatoms. The molecule has 3 aromatic carbocycles. The Kier molecular flexibility index (Phi) is 5.97. The number of aromatic nitrogens is 1. The van der Waals surface area contributed by atoms with Crippen molar-refractivity contribution in [3.63, 3.8) is 0 Å². The second kappa shape index (κ2) is 8.87. The van der Waals surface area contributed by atoms with Crippen LogP contribution in [0.4, 0.5) is 10.1 Å². The molecule has 0 saturated heterocycles. The number of para-hydroxylation sites is 2. The van der Waals surface area contributed by atoms with E-state index in [9.17, 15) is 22.4 Å². The van der Waals surface area contributed by atoms with Crippen molar-refractivity contribution in [1.82, 2.24) is 4.57 Å². The highest BCUT2D eigenvalue weighted by atomic mass is 32.2. The molecule has 4 rings (SSSR count). The lowest BCUT2D eigenvalue weighted by Crippen LogP contribution is -2.21. The van der Waals surface area contributed by atoms with Crippen molar-refractivity contribution < 1.29 is 22.4 Å². The Hall–Kier alpha value is -3.98. The lowest BCUT2D eigenvalue weighted by Gasteiger charge is -2.10. The van der Waals surface area contributed by atoms with Crippen LogP contribution in [0.15, 0.2) is 83.9 Å².